The summed E-state index contributed by atoms with van der Waals surface area (Å²) in [6.07, 6.45) is 11.1. The van der Waals surface area contributed by atoms with E-state index in [1.807, 2.05) is 30.3 Å². The van der Waals surface area contributed by atoms with Crippen molar-refractivity contribution in [1.29, 1.82) is 0 Å². The topological polar surface area (TPSA) is 64.2 Å². The fourth-order valence-electron chi connectivity index (χ4n) is 4.68. The van der Waals surface area contributed by atoms with Gasteiger partial charge in [-0.1, -0.05) is 49.6 Å². The molecule has 1 unspecified atom stereocenters. The Morgan fingerprint density at radius 3 is 2.84 bits per heavy atom. The van der Waals surface area contributed by atoms with Gasteiger partial charge in [-0.2, -0.15) is 5.43 Å². The molecular formula is C29H38N6OS. The predicted molar refractivity (Wildman–Crippen MR) is 155 cm³/mol. The van der Waals surface area contributed by atoms with E-state index in [0.717, 1.165) is 48.4 Å². The molecule has 0 aliphatic carbocycles. The number of fused-ring (bicyclic) bond motifs is 1. The Morgan fingerprint density at radius 2 is 2.00 bits per heavy atom. The van der Waals surface area contributed by atoms with Gasteiger partial charge in [-0.25, -0.2) is 4.99 Å². The molecule has 0 bridgehead atoms. The van der Waals surface area contributed by atoms with Crippen LogP contribution in [0.3, 0.4) is 0 Å². The van der Waals surface area contributed by atoms with E-state index in [0.29, 0.717) is 0 Å². The molecule has 1 fully saturated rings. The molecule has 1 saturated heterocycles. The fraction of sp³-hybridized carbons (Fsp3) is 0.414. The van der Waals surface area contributed by atoms with Crippen LogP contribution in [0.5, 0.6) is 5.75 Å². The highest BCUT2D eigenvalue weighted by Gasteiger charge is 2.28. The number of amidine groups is 1. The van der Waals surface area contributed by atoms with Gasteiger partial charge in [0.05, 0.1) is 5.70 Å². The number of allylic oxidation sites excluding steroid dienone is 2. The smallest absolute Gasteiger partial charge is 0.193 e. The molecule has 3 heterocycles. The first kappa shape index (κ1) is 25.9. The van der Waals surface area contributed by atoms with E-state index in [9.17, 15) is 0 Å². The first-order valence-electron chi connectivity index (χ1n) is 13.5. The fourth-order valence-corrected chi connectivity index (χ4v) is 5.52. The van der Waals surface area contributed by atoms with Crippen LogP contribution in [-0.2, 0) is 6.54 Å². The lowest BCUT2D eigenvalue weighted by molar-refractivity contribution is 0.238. The predicted octanol–water partition coefficient (Wildman–Crippen LogP) is 5.22. The maximum atomic E-state index is 5.94. The van der Waals surface area contributed by atoms with Crippen molar-refractivity contribution >= 4 is 29.2 Å². The molecule has 196 valence electrons. The quantitative estimate of drug-likeness (QED) is 0.248. The number of hydrogen-bond acceptors (Lipinski definition) is 8. The Kier molecular flexibility index (Phi) is 9.18. The minimum absolute atomic E-state index is 0.247. The number of hydrogen-bond donors (Lipinski definition) is 3. The molecule has 2 aromatic rings. The van der Waals surface area contributed by atoms with Gasteiger partial charge in [0.2, 0.25) is 0 Å². The van der Waals surface area contributed by atoms with E-state index in [1.165, 1.54) is 49.9 Å². The molecule has 0 radical (unpaired) electrons. The zero-order chi connectivity index (χ0) is 25.3. The van der Waals surface area contributed by atoms with E-state index in [-0.39, 0.29) is 6.29 Å². The van der Waals surface area contributed by atoms with Crippen molar-refractivity contribution < 1.29 is 4.74 Å². The summed E-state index contributed by atoms with van der Waals surface area (Å²) in [4.78, 5) is 7.30. The minimum atomic E-state index is -0.247. The van der Waals surface area contributed by atoms with Gasteiger partial charge >= 0.3 is 0 Å². The van der Waals surface area contributed by atoms with Crippen molar-refractivity contribution in [3.05, 3.63) is 77.9 Å². The van der Waals surface area contributed by atoms with Crippen molar-refractivity contribution in [3.8, 4) is 5.75 Å². The molecule has 8 heteroatoms. The molecule has 0 spiro atoms. The molecule has 2 aromatic carbocycles. The normalized spacial score (nSPS) is 19.1. The number of hydrazine groups is 1. The lowest BCUT2D eigenvalue weighted by atomic mass is 10.1. The third-order valence-electron chi connectivity index (χ3n) is 6.72. The number of anilines is 1. The molecule has 5 rings (SSSR count). The van der Waals surface area contributed by atoms with E-state index >= 15 is 0 Å². The highest BCUT2D eigenvalue weighted by molar-refractivity contribution is 7.97. The van der Waals surface area contributed by atoms with Gasteiger partial charge in [-0.05, 0) is 80.4 Å². The second kappa shape index (κ2) is 13.1. The molecule has 3 N–H and O–H groups in total. The number of rotatable bonds is 13. The van der Waals surface area contributed by atoms with Crippen LogP contribution in [0, 0.1) is 0 Å². The van der Waals surface area contributed by atoms with Crippen LogP contribution in [0.15, 0.2) is 71.8 Å². The van der Waals surface area contributed by atoms with Crippen molar-refractivity contribution in [2.45, 2.75) is 45.4 Å². The average Bonchev–Trinajstić information content (AvgIpc) is 3.59. The molecule has 0 amide bonds. The Balaban J connectivity index is 1.13. The molecule has 1 atom stereocenters. The van der Waals surface area contributed by atoms with Crippen molar-refractivity contribution in [1.82, 2.24) is 20.1 Å². The van der Waals surface area contributed by atoms with Gasteiger partial charge in [0.1, 0.15) is 18.2 Å². The largest absolute Gasteiger partial charge is 0.492 e. The Morgan fingerprint density at radius 1 is 1.14 bits per heavy atom. The van der Waals surface area contributed by atoms with Crippen LogP contribution in [-0.4, -0.2) is 54.0 Å². The molecule has 0 aromatic heterocycles. The number of ether oxygens (including phenoxy) is 1. The number of likely N-dealkylation sites (tertiary alicyclic amines) is 1. The number of nitrogens with one attached hydrogen (secondary N) is 3. The molecular weight excluding hydrogens is 480 g/mol. The van der Waals surface area contributed by atoms with E-state index in [4.69, 9.17) is 9.73 Å². The lowest BCUT2D eigenvalue weighted by Crippen LogP contribution is -2.42. The summed E-state index contributed by atoms with van der Waals surface area (Å²) in [5, 5.41) is 5.54. The van der Waals surface area contributed by atoms with Gasteiger partial charge in [-0.15, -0.1) is 0 Å². The first-order valence-corrected chi connectivity index (χ1v) is 14.5. The molecule has 0 saturated carbocycles. The van der Waals surface area contributed by atoms with Crippen molar-refractivity contribution in [3.63, 3.8) is 0 Å². The summed E-state index contributed by atoms with van der Waals surface area (Å²) in [6.45, 7) is 7.21. The number of benzene rings is 2. The summed E-state index contributed by atoms with van der Waals surface area (Å²) < 4.78 is 9.43. The zero-order valence-corrected chi connectivity index (χ0v) is 22.5. The summed E-state index contributed by atoms with van der Waals surface area (Å²) in [6, 6.07) is 16.8. The summed E-state index contributed by atoms with van der Waals surface area (Å²) in [7, 11) is 0. The Labute approximate surface area is 225 Å². The third kappa shape index (κ3) is 7.17. The van der Waals surface area contributed by atoms with Crippen LogP contribution < -0.4 is 20.2 Å². The van der Waals surface area contributed by atoms with E-state index in [2.05, 4.69) is 68.7 Å². The summed E-state index contributed by atoms with van der Waals surface area (Å²) in [5.74, 6) is 2.95. The zero-order valence-electron chi connectivity index (χ0n) is 21.7. The molecule has 3 aliphatic heterocycles. The minimum Gasteiger partial charge on any atom is -0.492 e. The third-order valence-corrected chi connectivity index (χ3v) is 7.56. The molecule has 7 nitrogen and oxygen atoms in total. The lowest BCUT2D eigenvalue weighted by Gasteiger charge is -2.26. The average molecular weight is 519 g/mol. The van der Waals surface area contributed by atoms with Crippen molar-refractivity contribution in [2.75, 3.05) is 37.3 Å². The van der Waals surface area contributed by atoms with E-state index in [1.54, 1.807) is 11.9 Å². The maximum absolute atomic E-state index is 5.94. The molecule has 3 aliphatic rings. The Hall–Kier alpha value is -2.78. The van der Waals surface area contributed by atoms with Gasteiger partial charge < -0.3 is 10.1 Å². The summed E-state index contributed by atoms with van der Waals surface area (Å²) >= 11 is 1.80. The van der Waals surface area contributed by atoms with Gasteiger partial charge in [0.25, 0.3) is 0 Å². The van der Waals surface area contributed by atoms with Crippen molar-refractivity contribution in [2.24, 2.45) is 4.99 Å². The number of unbranched alkanes of at least 4 members (excludes halogenated alkanes) is 1. The molecule has 37 heavy (non-hydrogen) atoms. The van der Waals surface area contributed by atoms with Gasteiger partial charge in [0.15, 0.2) is 6.29 Å². The monoisotopic (exact) mass is 518 g/mol. The van der Waals surface area contributed by atoms with Crippen LogP contribution in [0.2, 0.25) is 0 Å². The standard InChI is InChI=1S/C29H38N6OS/c1-2-3-20-37-30-22-23-8-6-9-24(21-23)27-10-7-11-28-32-29(33-35(27)28)31-25-12-14-26(15-13-25)36-19-18-34-16-4-5-17-34/h6-15,21,29-31,33H,2-5,16-20,22H2,1H3. The SMILES string of the molecule is CCCCSNCc1cccc(C2=CC=CC3=NC(Nc4ccc(OCCN5CCCC5)cc4)NN23)c1. The van der Waals surface area contributed by atoms with Crippen LogP contribution >= 0.6 is 11.9 Å². The first-order chi connectivity index (χ1) is 18.3. The van der Waals surface area contributed by atoms with Crippen LogP contribution in [0.1, 0.15) is 43.7 Å². The second-order valence-corrected chi connectivity index (χ2v) is 10.5. The van der Waals surface area contributed by atoms with Gasteiger partial charge in [0, 0.05) is 30.1 Å². The van der Waals surface area contributed by atoms with Crippen LogP contribution in [0.25, 0.3) is 5.70 Å². The highest BCUT2D eigenvalue weighted by atomic mass is 32.2. The Bertz CT molecular complexity index is 1110. The number of nitrogens with zero attached hydrogens (tertiary/aromatic N) is 3. The highest BCUT2D eigenvalue weighted by Crippen LogP contribution is 2.27. The maximum Gasteiger partial charge on any atom is 0.193 e. The van der Waals surface area contributed by atoms with Crippen LogP contribution in [0.4, 0.5) is 5.69 Å². The van der Waals surface area contributed by atoms with Gasteiger partial charge in [-0.3, -0.25) is 14.6 Å². The summed E-state index contributed by atoms with van der Waals surface area (Å²) in [5.41, 5.74) is 8.02. The second-order valence-electron chi connectivity index (χ2n) is 9.55. The number of aliphatic imine (C=N–C) groups is 1. The van der Waals surface area contributed by atoms with E-state index < -0.39 is 0 Å².